The second-order valence-corrected chi connectivity index (χ2v) is 9.41. The van der Waals surface area contributed by atoms with Crippen LogP contribution in [0.25, 0.3) is 0 Å². The number of benzene rings is 1. The molecule has 0 spiro atoms. The van der Waals surface area contributed by atoms with Crippen molar-refractivity contribution in [3.8, 4) is 0 Å². The van der Waals surface area contributed by atoms with Gasteiger partial charge >= 0.3 is 0 Å². The summed E-state index contributed by atoms with van der Waals surface area (Å²) in [5.41, 5.74) is 0.779. The van der Waals surface area contributed by atoms with Gasteiger partial charge in [0.2, 0.25) is 15.9 Å². The van der Waals surface area contributed by atoms with Gasteiger partial charge in [0, 0.05) is 25.2 Å². The summed E-state index contributed by atoms with van der Waals surface area (Å²) in [6, 6.07) is 9.60. The predicted octanol–water partition coefficient (Wildman–Crippen LogP) is 1.91. The Balaban J connectivity index is 0.00000261. The van der Waals surface area contributed by atoms with E-state index >= 15 is 0 Å². The van der Waals surface area contributed by atoms with Crippen LogP contribution in [0.1, 0.15) is 38.2 Å². The monoisotopic (exact) mass is 415 g/mol. The second kappa shape index (κ2) is 9.87. The maximum absolute atomic E-state index is 12.7. The van der Waals surface area contributed by atoms with E-state index in [1.807, 2.05) is 30.3 Å². The van der Waals surface area contributed by atoms with Crippen LogP contribution in [0.4, 0.5) is 0 Å². The number of amides is 1. The lowest BCUT2D eigenvalue weighted by Crippen LogP contribution is -2.54. The summed E-state index contributed by atoms with van der Waals surface area (Å²) >= 11 is 0. The van der Waals surface area contributed by atoms with Crippen LogP contribution in [-0.2, 0) is 20.6 Å². The number of sulfonamides is 1. The zero-order valence-electron chi connectivity index (χ0n) is 15.8. The van der Waals surface area contributed by atoms with Gasteiger partial charge in [-0.2, -0.15) is 0 Å². The smallest absolute Gasteiger partial charge is 0.224 e. The maximum Gasteiger partial charge on any atom is 0.224 e. The number of halogens is 1. The standard InChI is InChI=1S/C19H29N3O3S.ClH/c1-15-18(10-5-11-20-15)21-19(23)17-9-6-12-22(13-17)26(24,25)14-16-7-3-2-4-8-16;/h2-4,7-8,15,17-18,20H,5-6,9-14H2,1H3,(H,21,23);1H. The third-order valence-electron chi connectivity index (χ3n) is 5.43. The number of piperidine rings is 2. The molecule has 0 aliphatic carbocycles. The number of nitrogens with zero attached hydrogens (tertiary/aromatic N) is 1. The molecule has 0 bridgehead atoms. The zero-order valence-corrected chi connectivity index (χ0v) is 17.4. The molecule has 3 rings (SSSR count). The summed E-state index contributed by atoms with van der Waals surface area (Å²) in [6.07, 6.45) is 3.50. The van der Waals surface area contributed by atoms with Gasteiger partial charge in [-0.05, 0) is 44.7 Å². The summed E-state index contributed by atoms with van der Waals surface area (Å²) in [7, 11) is -3.41. The molecule has 3 atom stereocenters. The van der Waals surface area contributed by atoms with Crippen LogP contribution in [0.5, 0.6) is 0 Å². The Morgan fingerprint density at radius 1 is 1.22 bits per heavy atom. The SMILES string of the molecule is CC1NCCCC1NC(=O)C1CCCN(S(=O)(=O)Cc2ccccc2)C1.Cl. The van der Waals surface area contributed by atoms with E-state index < -0.39 is 10.0 Å². The molecule has 0 radical (unpaired) electrons. The van der Waals surface area contributed by atoms with Crippen LogP contribution >= 0.6 is 12.4 Å². The average Bonchev–Trinajstić information content (AvgIpc) is 2.64. The summed E-state index contributed by atoms with van der Waals surface area (Å²) in [6.45, 7) is 3.86. The highest BCUT2D eigenvalue weighted by Gasteiger charge is 2.34. The van der Waals surface area contributed by atoms with Crippen LogP contribution in [0.15, 0.2) is 30.3 Å². The molecule has 3 unspecified atom stereocenters. The Labute approximate surface area is 168 Å². The number of rotatable bonds is 5. The maximum atomic E-state index is 12.7. The number of carbonyl (C=O) groups excluding carboxylic acids is 1. The molecule has 2 fully saturated rings. The Morgan fingerprint density at radius 2 is 1.96 bits per heavy atom. The Kier molecular flexibility index (Phi) is 8.09. The average molecular weight is 416 g/mol. The molecule has 0 aromatic heterocycles. The van der Waals surface area contributed by atoms with Crippen LogP contribution < -0.4 is 10.6 Å². The van der Waals surface area contributed by atoms with Crippen molar-refractivity contribution >= 4 is 28.3 Å². The van der Waals surface area contributed by atoms with Gasteiger partial charge in [0.05, 0.1) is 11.7 Å². The first-order valence-electron chi connectivity index (χ1n) is 9.51. The van der Waals surface area contributed by atoms with Crippen LogP contribution in [-0.4, -0.2) is 50.3 Å². The number of nitrogens with one attached hydrogen (secondary N) is 2. The van der Waals surface area contributed by atoms with Crippen molar-refractivity contribution in [2.45, 2.75) is 50.4 Å². The van der Waals surface area contributed by atoms with Gasteiger partial charge in [-0.25, -0.2) is 12.7 Å². The zero-order chi connectivity index (χ0) is 18.6. The minimum absolute atomic E-state index is 0. The molecular formula is C19H30ClN3O3S. The van der Waals surface area contributed by atoms with Crippen LogP contribution in [0, 0.1) is 5.92 Å². The van der Waals surface area contributed by atoms with Gasteiger partial charge in [0.25, 0.3) is 0 Å². The molecule has 2 aliphatic rings. The van der Waals surface area contributed by atoms with E-state index in [0.29, 0.717) is 6.54 Å². The van der Waals surface area contributed by atoms with Crippen molar-refractivity contribution in [1.29, 1.82) is 0 Å². The molecule has 27 heavy (non-hydrogen) atoms. The molecule has 0 saturated carbocycles. The molecule has 1 aromatic rings. The molecule has 2 N–H and O–H groups in total. The minimum Gasteiger partial charge on any atom is -0.352 e. The van der Waals surface area contributed by atoms with Crippen molar-refractivity contribution in [2.75, 3.05) is 19.6 Å². The van der Waals surface area contributed by atoms with Crippen molar-refractivity contribution in [3.63, 3.8) is 0 Å². The fourth-order valence-electron chi connectivity index (χ4n) is 3.83. The summed E-state index contributed by atoms with van der Waals surface area (Å²) in [4.78, 5) is 12.7. The molecule has 1 aromatic carbocycles. The fourth-order valence-corrected chi connectivity index (χ4v) is 5.44. The fraction of sp³-hybridized carbons (Fsp3) is 0.632. The molecule has 8 heteroatoms. The lowest BCUT2D eigenvalue weighted by Gasteiger charge is -2.35. The van der Waals surface area contributed by atoms with E-state index in [9.17, 15) is 13.2 Å². The minimum atomic E-state index is -3.41. The summed E-state index contributed by atoms with van der Waals surface area (Å²) in [5, 5.41) is 6.52. The largest absolute Gasteiger partial charge is 0.352 e. The molecule has 1 amide bonds. The molecule has 2 heterocycles. The van der Waals surface area contributed by atoms with Crippen molar-refractivity contribution in [1.82, 2.24) is 14.9 Å². The Bertz CT molecular complexity index is 714. The summed E-state index contributed by atoms with van der Waals surface area (Å²) < 4.78 is 27.0. The van der Waals surface area contributed by atoms with Gasteiger partial charge in [-0.1, -0.05) is 30.3 Å². The molecule has 6 nitrogen and oxygen atoms in total. The van der Waals surface area contributed by atoms with Gasteiger partial charge in [0.15, 0.2) is 0 Å². The highest BCUT2D eigenvalue weighted by atomic mass is 35.5. The Hall–Kier alpha value is -1.15. The first kappa shape index (κ1) is 22.1. The summed E-state index contributed by atoms with van der Waals surface area (Å²) in [5.74, 6) is -0.278. The topological polar surface area (TPSA) is 78.5 Å². The third-order valence-corrected chi connectivity index (χ3v) is 7.25. The van der Waals surface area contributed by atoms with E-state index in [4.69, 9.17) is 0 Å². The highest BCUT2D eigenvalue weighted by Crippen LogP contribution is 2.22. The van der Waals surface area contributed by atoms with Gasteiger partial charge in [-0.3, -0.25) is 4.79 Å². The molecular weight excluding hydrogens is 386 g/mol. The van der Waals surface area contributed by atoms with E-state index in [0.717, 1.165) is 37.8 Å². The van der Waals surface area contributed by atoms with Gasteiger partial charge in [-0.15, -0.1) is 12.4 Å². The van der Waals surface area contributed by atoms with Gasteiger partial charge < -0.3 is 10.6 Å². The van der Waals surface area contributed by atoms with E-state index in [1.54, 1.807) is 0 Å². The molecule has 2 aliphatic heterocycles. The number of hydrogen-bond acceptors (Lipinski definition) is 4. The second-order valence-electron chi connectivity index (χ2n) is 7.44. The Morgan fingerprint density at radius 3 is 2.67 bits per heavy atom. The highest BCUT2D eigenvalue weighted by molar-refractivity contribution is 7.88. The predicted molar refractivity (Wildman–Crippen MR) is 109 cm³/mol. The molecule has 2 saturated heterocycles. The van der Waals surface area contributed by atoms with Crippen molar-refractivity contribution < 1.29 is 13.2 Å². The number of hydrogen-bond donors (Lipinski definition) is 2. The van der Waals surface area contributed by atoms with E-state index in [2.05, 4.69) is 17.6 Å². The van der Waals surface area contributed by atoms with Crippen molar-refractivity contribution in [3.05, 3.63) is 35.9 Å². The first-order chi connectivity index (χ1) is 12.5. The van der Waals surface area contributed by atoms with Crippen molar-refractivity contribution in [2.24, 2.45) is 5.92 Å². The quantitative estimate of drug-likeness (QED) is 0.769. The lowest BCUT2D eigenvalue weighted by atomic mass is 9.95. The van der Waals surface area contributed by atoms with Crippen LogP contribution in [0.2, 0.25) is 0 Å². The third kappa shape index (κ3) is 5.91. The van der Waals surface area contributed by atoms with Crippen LogP contribution in [0.3, 0.4) is 0 Å². The van der Waals surface area contributed by atoms with E-state index in [-0.39, 0.29) is 48.6 Å². The number of carbonyl (C=O) groups is 1. The van der Waals surface area contributed by atoms with E-state index in [1.165, 1.54) is 4.31 Å². The normalized spacial score (nSPS) is 26.8. The lowest BCUT2D eigenvalue weighted by molar-refractivity contribution is -0.127. The van der Waals surface area contributed by atoms with Gasteiger partial charge in [0.1, 0.15) is 0 Å². The first-order valence-corrected chi connectivity index (χ1v) is 11.1. The molecule has 152 valence electrons.